The fourth-order valence-corrected chi connectivity index (χ4v) is 6.30. The summed E-state index contributed by atoms with van der Waals surface area (Å²) in [6.07, 6.45) is 0.954. The minimum absolute atomic E-state index is 0.0690. The number of halogens is 3. The third-order valence-electron chi connectivity index (χ3n) is 5.05. The van der Waals surface area contributed by atoms with Gasteiger partial charge < -0.3 is 5.32 Å². The number of hydrogen-bond donors (Lipinski definition) is 1. The van der Waals surface area contributed by atoms with Crippen molar-refractivity contribution in [2.75, 3.05) is 18.4 Å². The number of rotatable bonds is 5. The zero-order valence-electron chi connectivity index (χ0n) is 15.8. The molecule has 0 aliphatic carbocycles. The van der Waals surface area contributed by atoms with Crippen LogP contribution < -0.4 is 5.32 Å². The van der Waals surface area contributed by atoms with E-state index in [2.05, 4.69) is 27.9 Å². The van der Waals surface area contributed by atoms with Crippen molar-refractivity contribution in [2.24, 2.45) is 5.92 Å². The summed E-state index contributed by atoms with van der Waals surface area (Å²) in [5, 5.41) is 3.64. The highest BCUT2D eigenvalue weighted by atomic mass is 127. The summed E-state index contributed by atoms with van der Waals surface area (Å²) in [6, 6.07) is 10.8. The summed E-state index contributed by atoms with van der Waals surface area (Å²) in [4.78, 5) is 12.6. The van der Waals surface area contributed by atoms with E-state index < -0.39 is 10.0 Å². The van der Waals surface area contributed by atoms with E-state index in [4.69, 9.17) is 23.2 Å². The maximum atomic E-state index is 12.8. The molecule has 29 heavy (non-hydrogen) atoms. The summed E-state index contributed by atoms with van der Waals surface area (Å²) >= 11 is 14.5. The van der Waals surface area contributed by atoms with Gasteiger partial charge in [-0.3, -0.25) is 4.79 Å². The number of piperidine rings is 1. The molecule has 1 heterocycles. The fraction of sp³-hybridized carbons (Fsp3) is 0.350. The largest absolute Gasteiger partial charge is 0.326 e. The molecule has 0 saturated carbocycles. The minimum Gasteiger partial charge on any atom is -0.326 e. The van der Waals surface area contributed by atoms with E-state index in [0.29, 0.717) is 41.5 Å². The monoisotopic (exact) mass is 566 g/mol. The Morgan fingerprint density at radius 3 is 2.38 bits per heavy atom. The standard InChI is InChI=1S/C20H21Cl2IN2O3S/c1-13-11-15(23)5-6-19(13)24-20(26)14-7-9-25(10-8-14)29(27,28)12-16-17(21)3-2-4-18(16)22/h2-6,11,14H,7-10,12H2,1H3,(H,24,26). The van der Waals surface area contributed by atoms with Gasteiger partial charge in [0.2, 0.25) is 15.9 Å². The van der Waals surface area contributed by atoms with Crippen molar-refractivity contribution in [3.05, 3.63) is 61.1 Å². The SMILES string of the molecule is Cc1cc(I)ccc1NC(=O)C1CCN(S(=O)(=O)Cc2c(Cl)cccc2Cl)CC1. The molecule has 0 bridgehead atoms. The van der Waals surface area contributed by atoms with Gasteiger partial charge in [0, 0.05) is 43.9 Å². The third kappa shape index (κ3) is 5.64. The molecule has 2 aromatic carbocycles. The first kappa shape index (κ1) is 22.8. The average Bonchev–Trinajstić information content (AvgIpc) is 2.67. The molecule has 3 rings (SSSR count). The number of sulfonamides is 1. The number of carbonyl (C=O) groups is 1. The van der Waals surface area contributed by atoms with Crippen molar-refractivity contribution >= 4 is 67.4 Å². The zero-order valence-corrected chi connectivity index (χ0v) is 20.3. The number of anilines is 1. The number of nitrogens with one attached hydrogen (secondary N) is 1. The van der Waals surface area contributed by atoms with Crippen molar-refractivity contribution < 1.29 is 13.2 Å². The van der Waals surface area contributed by atoms with Crippen molar-refractivity contribution in [2.45, 2.75) is 25.5 Å². The number of aryl methyl sites for hydroxylation is 1. The van der Waals surface area contributed by atoms with Crippen LogP contribution in [0.2, 0.25) is 10.0 Å². The molecular formula is C20H21Cl2IN2O3S. The summed E-state index contributed by atoms with van der Waals surface area (Å²) in [5.41, 5.74) is 2.20. The van der Waals surface area contributed by atoms with Crippen molar-refractivity contribution in [1.29, 1.82) is 0 Å². The Labute approximate surface area is 195 Å². The lowest BCUT2D eigenvalue weighted by Crippen LogP contribution is -2.42. The molecule has 2 aromatic rings. The Hall–Kier alpha value is -0.870. The van der Waals surface area contributed by atoms with Crippen molar-refractivity contribution in [3.8, 4) is 0 Å². The van der Waals surface area contributed by atoms with E-state index in [9.17, 15) is 13.2 Å². The number of nitrogens with zero attached hydrogens (tertiary/aromatic N) is 1. The molecule has 0 unspecified atom stereocenters. The summed E-state index contributed by atoms with van der Waals surface area (Å²) in [6.45, 7) is 2.55. The molecule has 1 fully saturated rings. The van der Waals surface area contributed by atoms with Crippen LogP contribution >= 0.6 is 45.8 Å². The van der Waals surface area contributed by atoms with Crippen molar-refractivity contribution in [1.82, 2.24) is 4.31 Å². The molecule has 1 N–H and O–H groups in total. The van der Waals surface area contributed by atoms with E-state index in [0.717, 1.165) is 14.8 Å². The highest BCUT2D eigenvalue weighted by molar-refractivity contribution is 14.1. The second-order valence-electron chi connectivity index (χ2n) is 7.08. The highest BCUT2D eigenvalue weighted by Crippen LogP contribution is 2.29. The molecule has 156 valence electrons. The number of carbonyl (C=O) groups excluding carboxylic acids is 1. The molecule has 1 saturated heterocycles. The van der Waals surface area contributed by atoms with E-state index in [-0.39, 0.29) is 17.6 Å². The maximum absolute atomic E-state index is 12.8. The number of benzene rings is 2. The van der Waals surface area contributed by atoms with Crippen LogP contribution in [0.4, 0.5) is 5.69 Å². The van der Waals surface area contributed by atoms with E-state index >= 15 is 0 Å². The predicted octanol–water partition coefficient (Wildman–Crippen LogP) is 5.09. The zero-order chi connectivity index (χ0) is 21.2. The molecule has 1 amide bonds. The Bertz CT molecular complexity index is 1000. The molecule has 1 aliphatic rings. The molecule has 0 atom stereocenters. The van der Waals surface area contributed by atoms with E-state index in [1.807, 2.05) is 25.1 Å². The first-order chi connectivity index (χ1) is 13.7. The van der Waals surface area contributed by atoms with Crippen LogP contribution in [-0.2, 0) is 20.6 Å². The topological polar surface area (TPSA) is 66.5 Å². The fourth-order valence-electron chi connectivity index (χ4n) is 3.34. The minimum atomic E-state index is -3.57. The van der Waals surface area contributed by atoms with E-state index in [1.165, 1.54) is 4.31 Å². The Morgan fingerprint density at radius 2 is 1.79 bits per heavy atom. The Kier molecular flexibility index (Phi) is 7.48. The van der Waals surface area contributed by atoms with Gasteiger partial charge in [-0.1, -0.05) is 29.3 Å². The van der Waals surface area contributed by atoms with Crippen molar-refractivity contribution in [3.63, 3.8) is 0 Å². The first-order valence-corrected chi connectivity index (χ1v) is 12.6. The lowest BCUT2D eigenvalue weighted by Gasteiger charge is -2.30. The van der Waals surface area contributed by atoms with Crippen LogP contribution in [0.25, 0.3) is 0 Å². The van der Waals surface area contributed by atoms with Crippen LogP contribution in [0, 0.1) is 16.4 Å². The van der Waals surface area contributed by atoms with Crippen LogP contribution in [0.1, 0.15) is 24.0 Å². The summed E-state index contributed by atoms with van der Waals surface area (Å²) in [7, 11) is -3.57. The number of amides is 1. The van der Waals surface area contributed by atoms with Crippen LogP contribution in [0.15, 0.2) is 36.4 Å². The lowest BCUT2D eigenvalue weighted by atomic mass is 9.97. The molecule has 0 aromatic heterocycles. The first-order valence-electron chi connectivity index (χ1n) is 9.15. The Morgan fingerprint density at radius 1 is 1.17 bits per heavy atom. The maximum Gasteiger partial charge on any atom is 0.227 e. The van der Waals surface area contributed by atoms with Crippen LogP contribution in [0.5, 0.6) is 0 Å². The second kappa shape index (κ2) is 9.51. The van der Waals surface area contributed by atoms with Gasteiger partial charge in [0.1, 0.15) is 0 Å². The molecule has 9 heteroatoms. The van der Waals surface area contributed by atoms with Crippen LogP contribution in [0.3, 0.4) is 0 Å². The molecule has 0 spiro atoms. The van der Waals surface area contributed by atoms with Gasteiger partial charge in [-0.05, 0) is 78.3 Å². The molecule has 1 aliphatic heterocycles. The molecular weight excluding hydrogens is 546 g/mol. The van der Waals surface area contributed by atoms with Gasteiger partial charge in [0.25, 0.3) is 0 Å². The second-order valence-corrected chi connectivity index (χ2v) is 11.1. The van der Waals surface area contributed by atoms with E-state index in [1.54, 1.807) is 18.2 Å². The highest BCUT2D eigenvalue weighted by Gasteiger charge is 2.32. The van der Waals surface area contributed by atoms with Gasteiger partial charge in [0.05, 0.1) is 5.75 Å². The Balaban J connectivity index is 1.61. The lowest BCUT2D eigenvalue weighted by molar-refractivity contribution is -0.120. The van der Waals surface area contributed by atoms with Gasteiger partial charge >= 0.3 is 0 Å². The summed E-state index contributed by atoms with van der Waals surface area (Å²) in [5.74, 6) is -0.533. The average molecular weight is 567 g/mol. The van der Waals surface area contributed by atoms with Gasteiger partial charge in [-0.25, -0.2) is 12.7 Å². The van der Waals surface area contributed by atoms with Crippen LogP contribution in [-0.4, -0.2) is 31.7 Å². The quantitative estimate of drug-likeness (QED) is 0.513. The predicted molar refractivity (Wildman–Crippen MR) is 126 cm³/mol. The number of hydrogen-bond acceptors (Lipinski definition) is 3. The third-order valence-corrected chi connectivity index (χ3v) is 8.24. The summed E-state index contributed by atoms with van der Waals surface area (Å²) < 4.78 is 28.2. The normalized spacial score (nSPS) is 16.0. The smallest absolute Gasteiger partial charge is 0.227 e. The van der Waals surface area contributed by atoms with Gasteiger partial charge in [-0.2, -0.15) is 0 Å². The molecule has 5 nitrogen and oxygen atoms in total. The van der Waals surface area contributed by atoms with Gasteiger partial charge in [0.15, 0.2) is 0 Å². The molecule has 0 radical (unpaired) electrons. The van der Waals surface area contributed by atoms with Gasteiger partial charge in [-0.15, -0.1) is 0 Å².